The first-order valence-electron chi connectivity index (χ1n) is 7.75. The number of aryl methyl sites for hydroxylation is 1. The van der Waals surface area contributed by atoms with E-state index in [0.29, 0.717) is 18.1 Å². The zero-order valence-electron chi connectivity index (χ0n) is 13.3. The highest BCUT2D eigenvalue weighted by molar-refractivity contribution is 7.85. The first-order valence-corrected chi connectivity index (χ1v) is 9.07. The van der Waals surface area contributed by atoms with E-state index in [4.69, 9.17) is 0 Å². The van der Waals surface area contributed by atoms with Crippen molar-refractivity contribution in [1.82, 2.24) is 19.6 Å². The molecule has 0 spiro atoms. The highest BCUT2D eigenvalue weighted by Crippen LogP contribution is 2.14. The summed E-state index contributed by atoms with van der Waals surface area (Å²) in [6.45, 7) is 2.51. The summed E-state index contributed by atoms with van der Waals surface area (Å²) in [5.74, 6) is 1.12. The minimum Gasteiger partial charge on any atom is -0.369 e. The number of rotatable bonds is 7. The second-order valence-corrected chi connectivity index (χ2v) is 6.80. The van der Waals surface area contributed by atoms with Gasteiger partial charge < -0.3 is 5.32 Å². The van der Waals surface area contributed by atoms with Crippen LogP contribution in [0.15, 0.2) is 41.6 Å². The highest BCUT2D eigenvalue weighted by Gasteiger charge is 2.10. The standard InChI is InChI=1S/C16H18FN5OS/c1-2-5-12-10-15(22-16(21-12)19-11-20-22)18-8-9-24(23)14-7-4-3-6-13(14)17/h3-4,6-7,10-11,18H,2,5,8-9H2,1H3/t24-/m0/s1. The number of nitrogens with zero attached hydrogens (tertiary/aromatic N) is 4. The van der Waals surface area contributed by atoms with Crippen molar-refractivity contribution in [1.29, 1.82) is 0 Å². The lowest BCUT2D eigenvalue weighted by molar-refractivity contribution is 0.595. The minimum absolute atomic E-state index is 0.228. The van der Waals surface area contributed by atoms with Crippen LogP contribution in [0.1, 0.15) is 19.0 Å². The molecule has 0 unspecified atom stereocenters. The van der Waals surface area contributed by atoms with Crippen LogP contribution in [0.2, 0.25) is 0 Å². The van der Waals surface area contributed by atoms with Crippen molar-refractivity contribution in [2.45, 2.75) is 24.7 Å². The molecule has 0 fully saturated rings. The molecule has 2 aromatic heterocycles. The molecule has 8 heteroatoms. The van der Waals surface area contributed by atoms with Gasteiger partial charge in [-0.05, 0) is 18.6 Å². The molecule has 0 bridgehead atoms. The van der Waals surface area contributed by atoms with E-state index in [1.807, 2.05) is 6.07 Å². The Labute approximate surface area is 141 Å². The molecule has 0 saturated carbocycles. The molecule has 0 radical (unpaired) electrons. The maximum atomic E-state index is 13.7. The molecule has 24 heavy (non-hydrogen) atoms. The van der Waals surface area contributed by atoms with E-state index >= 15 is 0 Å². The van der Waals surface area contributed by atoms with E-state index in [2.05, 4.69) is 27.3 Å². The Morgan fingerprint density at radius 2 is 2.17 bits per heavy atom. The predicted octanol–water partition coefficient (Wildman–Crippen LogP) is 2.44. The van der Waals surface area contributed by atoms with Gasteiger partial charge in [-0.2, -0.15) is 14.6 Å². The molecule has 0 aliphatic carbocycles. The van der Waals surface area contributed by atoms with Gasteiger partial charge in [0.05, 0.1) is 15.7 Å². The zero-order valence-corrected chi connectivity index (χ0v) is 14.1. The predicted molar refractivity (Wildman–Crippen MR) is 90.9 cm³/mol. The molecule has 0 saturated heterocycles. The number of aromatic nitrogens is 4. The lowest BCUT2D eigenvalue weighted by atomic mass is 10.2. The van der Waals surface area contributed by atoms with Crippen LogP contribution < -0.4 is 5.32 Å². The molecule has 0 aliphatic heterocycles. The SMILES string of the molecule is CCCc1cc(NCC[S@](=O)c2ccccc2F)n2ncnc2n1. The monoisotopic (exact) mass is 347 g/mol. The van der Waals surface area contributed by atoms with Gasteiger partial charge in [-0.15, -0.1) is 0 Å². The van der Waals surface area contributed by atoms with Crippen LogP contribution in [0.25, 0.3) is 5.78 Å². The molecule has 1 atom stereocenters. The van der Waals surface area contributed by atoms with Gasteiger partial charge in [0.25, 0.3) is 5.78 Å². The van der Waals surface area contributed by atoms with E-state index in [9.17, 15) is 8.60 Å². The van der Waals surface area contributed by atoms with Gasteiger partial charge in [0.1, 0.15) is 18.0 Å². The molecule has 1 aromatic carbocycles. The average Bonchev–Trinajstić information content (AvgIpc) is 3.04. The van der Waals surface area contributed by atoms with E-state index in [1.165, 1.54) is 12.4 Å². The summed E-state index contributed by atoms with van der Waals surface area (Å²) < 4.78 is 27.5. The summed E-state index contributed by atoms with van der Waals surface area (Å²) >= 11 is 0. The molecule has 3 rings (SSSR count). The number of halogens is 1. The fraction of sp³-hybridized carbons (Fsp3) is 0.312. The van der Waals surface area contributed by atoms with Crippen molar-refractivity contribution in [3.8, 4) is 0 Å². The Balaban J connectivity index is 1.70. The van der Waals surface area contributed by atoms with Crippen LogP contribution in [0, 0.1) is 5.82 Å². The molecule has 2 heterocycles. The Kier molecular flexibility index (Phi) is 5.14. The van der Waals surface area contributed by atoms with Gasteiger partial charge in [-0.25, -0.2) is 9.37 Å². The quantitative estimate of drug-likeness (QED) is 0.711. The van der Waals surface area contributed by atoms with E-state index < -0.39 is 16.6 Å². The van der Waals surface area contributed by atoms with Crippen molar-refractivity contribution in [3.63, 3.8) is 0 Å². The van der Waals surface area contributed by atoms with Gasteiger partial charge in [0.2, 0.25) is 0 Å². The fourth-order valence-electron chi connectivity index (χ4n) is 2.38. The van der Waals surface area contributed by atoms with E-state index in [1.54, 1.807) is 22.7 Å². The number of fused-ring (bicyclic) bond motifs is 1. The molecule has 6 nitrogen and oxygen atoms in total. The van der Waals surface area contributed by atoms with E-state index in [-0.39, 0.29) is 4.90 Å². The molecular weight excluding hydrogens is 329 g/mol. The second kappa shape index (κ2) is 7.48. The van der Waals surface area contributed by atoms with Crippen LogP contribution in [0.5, 0.6) is 0 Å². The van der Waals surface area contributed by atoms with Crippen LogP contribution in [0.4, 0.5) is 10.2 Å². The van der Waals surface area contributed by atoms with Crippen LogP contribution in [-0.4, -0.2) is 36.1 Å². The molecule has 126 valence electrons. The second-order valence-electron chi connectivity index (χ2n) is 5.26. The topological polar surface area (TPSA) is 72.2 Å². The zero-order chi connectivity index (χ0) is 16.9. The number of hydrogen-bond donors (Lipinski definition) is 1. The Morgan fingerprint density at radius 1 is 1.33 bits per heavy atom. The molecule has 0 amide bonds. The van der Waals surface area contributed by atoms with Gasteiger partial charge in [0.15, 0.2) is 0 Å². The summed E-state index contributed by atoms with van der Waals surface area (Å²) in [5, 5.41) is 7.33. The van der Waals surface area contributed by atoms with E-state index in [0.717, 1.165) is 24.4 Å². The summed E-state index contributed by atoms with van der Waals surface area (Å²) in [6.07, 6.45) is 3.27. The first kappa shape index (κ1) is 16.5. The first-order chi connectivity index (χ1) is 11.7. The summed E-state index contributed by atoms with van der Waals surface area (Å²) in [6, 6.07) is 8.05. The molecule has 0 aliphatic rings. The summed E-state index contributed by atoms with van der Waals surface area (Å²) in [7, 11) is -1.40. The molecular formula is C16H18FN5OS. The van der Waals surface area contributed by atoms with Gasteiger partial charge in [-0.3, -0.25) is 4.21 Å². The third-order valence-corrected chi connectivity index (χ3v) is 4.88. The van der Waals surface area contributed by atoms with Crippen LogP contribution >= 0.6 is 0 Å². The lowest BCUT2D eigenvalue weighted by Gasteiger charge is -2.10. The Morgan fingerprint density at radius 3 is 2.96 bits per heavy atom. The number of benzene rings is 1. The van der Waals surface area contributed by atoms with Gasteiger partial charge in [0, 0.05) is 24.1 Å². The molecule has 3 aromatic rings. The maximum absolute atomic E-state index is 13.7. The lowest BCUT2D eigenvalue weighted by Crippen LogP contribution is -2.15. The van der Waals surface area contributed by atoms with Crippen molar-refractivity contribution < 1.29 is 8.60 Å². The van der Waals surface area contributed by atoms with Crippen molar-refractivity contribution in [2.75, 3.05) is 17.6 Å². The van der Waals surface area contributed by atoms with Gasteiger partial charge >= 0.3 is 0 Å². The number of hydrogen-bond acceptors (Lipinski definition) is 5. The minimum atomic E-state index is -1.40. The third kappa shape index (κ3) is 3.59. The third-order valence-electron chi connectivity index (χ3n) is 3.49. The molecule has 1 N–H and O–H groups in total. The summed E-state index contributed by atoms with van der Waals surface area (Å²) in [5.41, 5.74) is 0.927. The normalized spacial score (nSPS) is 12.4. The van der Waals surface area contributed by atoms with Crippen molar-refractivity contribution >= 4 is 22.4 Å². The van der Waals surface area contributed by atoms with Gasteiger partial charge in [-0.1, -0.05) is 25.5 Å². The van der Waals surface area contributed by atoms with Crippen molar-refractivity contribution in [2.24, 2.45) is 0 Å². The Bertz CT molecular complexity index is 867. The van der Waals surface area contributed by atoms with Crippen LogP contribution in [0.3, 0.4) is 0 Å². The summed E-state index contributed by atoms with van der Waals surface area (Å²) in [4.78, 5) is 8.77. The number of anilines is 1. The van der Waals surface area contributed by atoms with Crippen molar-refractivity contribution in [3.05, 3.63) is 48.2 Å². The highest BCUT2D eigenvalue weighted by atomic mass is 32.2. The number of nitrogens with one attached hydrogen (secondary N) is 1. The average molecular weight is 347 g/mol. The fourth-order valence-corrected chi connectivity index (χ4v) is 3.41. The van der Waals surface area contributed by atoms with Crippen LogP contribution in [-0.2, 0) is 17.2 Å². The maximum Gasteiger partial charge on any atom is 0.254 e. The largest absolute Gasteiger partial charge is 0.369 e. The Hall–Kier alpha value is -2.35. The smallest absolute Gasteiger partial charge is 0.254 e.